The maximum atomic E-state index is 9.53. The van der Waals surface area contributed by atoms with Crippen LogP contribution in [0.4, 0.5) is 0 Å². The number of hydrogen-bond acceptors (Lipinski definition) is 4. The first-order valence-corrected chi connectivity index (χ1v) is 6.04. The molecule has 2 unspecified atom stereocenters. The molecule has 0 amide bonds. The van der Waals surface area contributed by atoms with Crippen molar-refractivity contribution in [1.29, 1.82) is 0 Å². The summed E-state index contributed by atoms with van der Waals surface area (Å²) in [7, 11) is 0. The third-order valence-corrected chi connectivity index (χ3v) is 3.33. The highest BCUT2D eigenvalue weighted by Gasteiger charge is 2.28. The van der Waals surface area contributed by atoms with E-state index >= 15 is 0 Å². The van der Waals surface area contributed by atoms with Crippen LogP contribution in [0.5, 0.6) is 0 Å². The fourth-order valence-corrected chi connectivity index (χ4v) is 2.17. The van der Waals surface area contributed by atoms with Gasteiger partial charge in [-0.15, -0.1) is 0 Å². The highest BCUT2D eigenvalue weighted by molar-refractivity contribution is 4.85. The first-order chi connectivity index (χ1) is 7.31. The smallest absolute Gasteiger partial charge is 0.0948 e. The van der Waals surface area contributed by atoms with Crippen molar-refractivity contribution in [3.05, 3.63) is 0 Å². The standard InChI is InChI=1S/C11H22N2O2/c1-2-13(9-3-4-9)6-5-12-10-7-15-8-11(10)14/h9-12,14H,2-8H2,1H3. The van der Waals surface area contributed by atoms with E-state index in [4.69, 9.17) is 4.74 Å². The van der Waals surface area contributed by atoms with Gasteiger partial charge in [-0.3, -0.25) is 4.90 Å². The van der Waals surface area contributed by atoms with Crippen LogP contribution in [0.3, 0.4) is 0 Å². The number of ether oxygens (including phenoxy) is 1. The molecule has 1 aliphatic heterocycles. The van der Waals surface area contributed by atoms with Crippen molar-refractivity contribution >= 4 is 0 Å². The van der Waals surface area contributed by atoms with E-state index in [1.165, 1.54) is 12.8 Å². The summed E-state index contributed by atoms with van der Waals surface area (Å²) in [4.78, 5) is 2.51. The van der Waals surface area contributed by atoms with E-state index < -0.39 is 0 Å². The number of hydrogen-bond donors (Lipinski definition) is 2. The van der Waals surface area contributed by atoms with Crippen molar-refractivity contribution in [2.24, 2.45) is 0 Å². The Kier molecular flexibility index (Phi) is 3.97. The van der Waals surface area contributed by atoms with Gasteiger partial charge in [-0.25, -0.2) is 0 Å². The van der Waals surface area contributed by atoms with Crippen LogP contribution in [0.25, 0.3) is 0 Å². The fraction of sp³-hybridized carbons (Fsp3) is 1.00. The zero-order valence-electron chi connectivity index (χ0n) is 9.48. The van der Waals surface area contributed by atoms with Gasteiger partial charge in [0.05, 0.1) is 25.4 Å². The molecule has 88 valence electrons. The van der Waals surface area contributed by atoms with Crippen molar-refractivity contribution in [3.8, 4) is 0 Å². The molecule has 0 bridgehead atoms. The van der Waals surface area contributed by atoms with Gasteiger partial charge in [0.15, 0.2) is 0 Å². The van der Waals surface area contributed by atoms with Crippen LogP contribution in [0, 0.1) is 0 Å². The van der Waals surface area contributed by atoms with Crippen LogP contribution in [0.15, 0.2) is 0 Å². The van der Waals surface area contributed by atoms with E-state index in [1.807, 2.05) is 0 Å². The van der Waals surface area contributed by atoms with E-state index in [2.05, 4.69) is 17.1 Å². The fourth-order valence-electron chi connectivity index (χ4n) is 2.17. The molecule has 2 atom stereocenters. The minimum atomic E-state index is -0.319. The Morgan fingerprint density at radius 3 is 2.73 bits per heavy atom. The number of likely N-dealkylation sites (N-methyl/N-ethyl adjacent to an activating group) is 1. The van der Waals surface area contributed by atoms with Gasteiger partial charge in [-0.1, -0.05) is 6.92 Å². The first kappa shape index (κ1) is 11.3. The van der Waals surface area contributed by atoms with E-state index in [9.17, 15) is 5.11 Å². The molecular formula is C11H22N2O2. The van der Waals surface area contributed by atoms with Gasteiger partial charge in [0.25, 0.3) is 0 Å². The van der Waals surface area contributed by atoms with Gasteiger partial charge in [-0.05, 0) is 19.4 Å². The van der Waals surface area contributed by atoms with Crippen molar-refractivity contribution < 1.29 is 9.84 Å². The average molecular weight is 214 g/mol. The lowest BCUT2D eigenvalue weighted by molar-refractivity contribution is 0.122. The average Bonchev–Trinajstić information content (AvgIpc) is 2.99. The second-order valence-corrected chi connectivity index (χ2v) is 4.53. The second kappa shape index (κ2) is 5.25. The van der Waals surface area contributed by atoms with Gasteiger partial charge < -0.3 is 15.2 Å². The van der Waals surface area contributed by atoms with Crippen molar-refractivity contribution in [3.63, 3.8) is 0 Å². The molecule has 1 heterocycles. The van der Waals surface area contributed by atoms with Crippen LogP contribution in [-0.2, 0) is 4.74 Å². The molecule has 0 spiro atoms. The molecule has 15 heavy (non-hydrogen) atoms. The monoisotopic (exact) mass is 214 g/mol. The predicted molar refractivity (Wildman–Crippen MR) is 58.9 cm³/mol. The molecule has 0 aromatic heterocycles. The van der Waals surface area contributed by atoms with Gasteiger partial charge in [0.2, 0.25) is 0 Å². The van der Waals surface area contributed by atoms with Gasteiger partial charge in [0.1, 0.15) is 0 Å². The molecule has 2 rings (SSSR count). The molecule has 1 saturated carbocycles. The normalized spacial score (nSPS) is 31.4. The molecule has 1 aliphatic carbocycles. The second-order valence-electron chi connectivity index (χ2n) is 4.53. The Balaban J connectivity index is 1.60. The molecule has 2 aliphatic rings. The molecule has 1 saturated heterocycles. The lowest BCUT2D eigenvalue weighted by Crippen LogP contribution is -2.43. The Morgan fingerprint density at radius 2 is 2.20 bits per heavy atom. The number of nitrogens with one attached hydrogen (secondary N) is 1. The van der Waals surface area contributed by atoms with Crippen LogP contribution in [-0.4, -0.2) is 61.0 Å². The van der Waals surface area contributed by atoms with Crippen LogP contribution < -0.4 is 5.32 Å². The minimum absolute atomic E-state index is 0.142. The Hall–Kier alpha value is -0.160. The molecule has 0 aromatic carbocycles. The van der Waals surface area contributed by atoms with Gasteiger partial charge in [0, 0.05) is 19.1 Å². The molecular weight excluding hydrogens is 192 g/mol. The lowest BCUT2D eigenvalue weighted by Gasteiger charge is -2.22. The van der Waals surface area contributed by atoms with Crippen molar-refractivity contribution in [2.45, 2.75) is 38.0 Å². The summed E-state index contributed by atoms with van der Waals surface area (Å²) in [6.45, 7) is 6.52. The quantitative estimate of drug-likeness (QED) is 0.644. The third-order valence-electron chi connectivity index (χ3n) is 3.33. The number of rotatable bonds is 6. The number of nitrogens with zero attached hydrogens (tertiary/aromatic N) is 1. The highest BCUT2D eigenvalue weighted by atomic mass is 16.5. The summed E-state index contributed by atoms with van der Waals surface area (Å²) in [6.07, 6.45) is 2.41. The van der Waals surface area contributed by atoms with Gasteiger partial charge >= 0.3 is 0 Å². The highest BCUT2D eigenvalue weighted by Crippen LogP contribution is 2.25. The van der Waals surface area contributed by atoms with E-state index in [0.29, 0.717) is 13.2 Å². The van der Waals surface area contributed by atoms with E-state index in [0.717, 1.165) is 25.7 Å². The summed E-state index contributed by atoms with van der Waals surface area (Å²) in [6, 6.07) is 0.976. The summed E-state index contributed by atoms with van der Waals surface area (Å²) in [5.74, 6) is 0. The zero-order chi connectivity index (χ0) is 10.7. The zero-order valence-corrected chi connectivity index (χ0v) is 9.48. The molecule has 0 aromatic rings. The van der Waals surface area contributed by atoms with E-state index in [1.54, 1.807) is 0 Å². The Morgan fingerprint density at radius 1 is 1.40 bits per heavy atom. The Labute approximate surface area is 91.6 Å². The molecule has 2 fully saturated rings. The van der Waals surface area contributed by atoms with Crippen LogP contribution in [0.2, 0.25) is 0 Å². The number of aliphatic hydroxyl groups is 1. The summed E-state index contributed by atoms with van der Waals surface area (Å²) in [5.41, 5.74) is 0. The predicted octanol–water partition coefficient (Wildman–Crippen LogP) is -0.180. The third kappa shape index (κ3) is 3.14. The molecule has 0 radical (unpaired) electrons. The van der Waals surface area contributed by atoms with Crippen LogP contribution in [0.1, 0.15) is 19.8 Å². The minimum Gasteiger partial charge on any atom is -0.389 e. The van der Waals surface area contributed by atoms with Crippen molar-refractivity contribution in [1.82, 2.24) is 10.2 Å². The maximum absolute atomic E-state index is 9.53. The molecule has 2 N–H and O–H groups in total. The summed E-state index contributed by atoms with van der Waals surface area (Å²) < 4.78 is 5.19. The molecule has 4 heteroatoms. The summed E-state index contributed by atoms with van der Waals surface area (Å²) in [5, 5.41) is 12.9. The Bertz CT molecular complexity index is 195. The number of aliphatic hydroxyl groups excluding tert-OH is 1. The van der Waals surface area contributed by atoms with Crippen LogP contribution >= 0.6 is 0 Å². The summed E-state index contributed by atoms with van der Waals surface area (Å²) >= 11 is 0. The largest absolute Gasteiger partial charge is 0.389 e. The van der Waals surface area contributed by atoms with Gasteiger partial charge in [-0.2, -0.15) is 0 Å². The topological polar surface area (TPSA) is 44.7 Å². The molecule has 4 nitrogen and oxygen atoms in total. The maximum Gasteiger partial charge on any atom is 0.0948 e. The van der Waals surface area contributed by atoms with E-state index in [-0.39, 0.29) is 12.1 Å². The SMILES string of the molecule is CCN(CCNC1COCC1O)C1CC1. The van der Waals surface area contributed by atoms with Crippen molar-refractivity contribution in [2.75, 3.05) is 32.8 Å². The first-order valence-electron chi connectivity index (χ1n) is 6.04. The lowest BCUT2D eigenvalue weighted by atomic mass is 10.2.